The molecule has 0 rings (SSSR count). The molecule has 0 saturated carbocycles. The summed E-state index contributed by atoms with van der Waals surface area (Å²) in [4.78, 5) is 0. The Kier molecular flexibility index (Phi) is 7.29. The Bertz CT molecular complexity index is 113. The Morgan fingerprint density at radius 2 is 1.77 bits per heavy atom. The molecule has 13 heavy (non-hydrogen) atoms. The molecule has 0 saturated heterocycles. The van der Waals surface area contributed by atoms with E-state index in [9.17, 15) is 0 Å². The normalized spacial score (nSPS) is 14.1. The summed E-state index contributed by atoms with van der Waals surface area (Å²) in [6, 6.07) is 0.601. The molecule has 0 aromatic carbocycles. The lowest BCUT2D eigenvalue weighted by molar-refractivity contribution is 0.0685. The number of ether oxygens (including phenoxy) is 1. The molecular formula is C11H25NO. The third kappa shape index (κ3) is 7.03. The summed E-state index contributed by atoms with van der Waals surface area (Å²) in [5.74, 6) is 0.690. The fourth-order valence-corrected chi connectivity index (χ4v) is 1.36. The molecule has 2 heteroatoms. The van der Waals surface area contributed by atoms with Gasteiger partial charge in [-0.3, -0.25) is 0 Å². The standard InChI is InChI=1S/C11H25NO/c1-6-12-11(9(2)3)7-8-13-10(4)5/h9-12H,6-8H2,1-5H3. The van der Waals surface area contributed by atoms with Gasteiger partial charge in [0.1, 0.15) is 0 Å². The Balaban J connectivity index is 3.57. The molecule has 0 fully saturated rings. The Labute approximate surface area is 83.1 Å². The topological polar surface area (TPSA) is 21.3 Å². The van der Waals surface area contributed by atoms with Crippen LogP contribution in [-0.2, 0) is 4.74 Å². The summed E-state index contributed by atoms with van der Waals surface area (Å²) in [5, 5.41) is 3.48. The van der Waals surface area contributed by atoms with Crippen molar-refractivity contribution in [2.24, 2.45) is 5.92 Å². The summed E-state index contributed by atoms with van der Waals surface area (Å²) in [5.41, 5.74) is 0. The molecule has 1 N–H and O–H groups in total. The predicted octanol–water partition coefficient (Wildman–Crippen LogP) is 2.44. The zero-order chi connectivity index (χ0) is 10.3. The van der Waals surface area contributed by atoms with E-state index in [-0.39, 0.29) is 0 Å². The van der Waals surface area contributed by atoms with Crippen LogP contribution < -0.4 is 5.32 Å². The van der Waals surface area contributed by atoms with Gasteiger partial charge in [0.05, 0.1) is 6.10 Å². The summed E-state index contributed by atoms with van der Waals surface area (Å²) in [7, 11) is 0. The van der Waals surface area contributed by atoms with Gasteiger partial charge in [0.15, 0.2) is 0 Å². The lowest BCUT2D eigenvalue weighted by atomic mass is 10.0. The largest absolute Gasteiger partial charge is 0.379 e. The minimum absolute atomic E-state index is 0.356. The van der Waals surface area contributed by atoms with Gasteiger partial charge in [0.25, 0.3) is 0 Å². The summed E-state index contributed by atoms with van der Waals surface area (Å²) >= 11 is 0. The van der Waals surface area contributed by atoms with Gasteiger partial charge in [-0.05, 0) is 32.7 Å². The second kappa shape index (κ2) is 7.34. The monoisotopic (exact) mass is 187 g/mol. The lowest BCUT2D eigenvalue weighted by Gasteiger charge is -2.22. The third-order valence-corrected chi connectivity index (χ3v) is 2.15. The highest BCUT2D eigenvalue weighted by Crippen LogP contribution is 2.06. The van der Waals surface area contributed by atoms with Crippen LogP contribution in [0.4, 0.5) is 0 Å². The SMILES string of the molecule is CCNC(CCOC(C)C)C(C)C. The maximum absolute atomic E-state index is 5.53. The zero-order valence-corrected chi connectivity index (χ0v) is 9.76. The van der Waals surface area contributed by atoms with Crippen molar-refractivity contribution in [2.75, 3.05) is 13.2 Å². The molecule has 0 aliphatic heterocycles. The van der Waals surface area contributed by atoms with Gasteiger partial charge in [-0.1, -0.05) is 20.8 Å². The maximum atomic E-state index is 5.53. The summed E-state index contributed by atoms with van der Waals surface area (Å²) < 4.78 is 5.53. The molecule has 0 radical (unpaired) electrons. The van der Waals surface area contributed by atoms with Gasteiger partial charge in [0.2, 0.25) is 0 Å². The number of rotatable bonds is 7. The van der Waals surface area contributed by atoms with Crippen LogP contribution in [-0.4, -0.2) is 25.3 Å². The van der Waals surface area contributed by atoms with Crippen molar-refractivity contribution in [1.29, 1.82) is 0 Å². The zero-order valence-electron chi connectivity index (χ0n) is 9.76. The first-order valence-corrected chi connectivity index (χ1v) is 5.42. The molecule has 0 aliphatic carbocycles. The fourth-order valence-electron chi connectivity index (χ4n) is 1.36. The van der Waals surface area contributed by atoms with Crippen molar-refractivity contribution < 1.29 is 4.74 Å². The van der Waals surface area contributed by atoms with Crippen molar-refractivity contribution >= 4 is 0 Å². The molecule has 1 atom stereocenters. The molecular weight excluding hydrogens is 162 g/mol. The van der Waals surface area contributed by atoms with E-state index in [1.807, 2.05) is 0 Å². The van der Waals surface area contributed by atoms with Crippen LogP contribution >= 0.6 is 0 Å². The molecule has 0 heterocycles. The van der Waals surface area contributed by atoms with Crippen LogP contribution in [0.5, 0.6) is 0 Å². The summed E-state index contributed by atoms with van der Waals surface area (Å²) in [6.45, 7) is 12.7. The quantitative estimate of drug-likeness (QED) is 0.661. The molecule has 0 amide bonds. The van der Waals surface area contributed by atoms with E-state index in [1.54, 1.807) is 0 Å². The second-order valence-corrected chi connectivity index (χ2v) is 4.12. The van der Waals surface area contributed by atoms with Gasteiger partial charge in [-0.2, -0.15) is 0 Å². The van der Waals surface area contributed by atoms with E-state index in [2.05, 4.69) is 39.9 Å². The van der Waals surface area contributed by atoms with Crippen LogP contribution in [0.2, 0.25) is 0 Å². The Morgan fingerprint density at radius 3 is 2.15 bits per heavy atom. The summed E-state index contributed by atoms with van der Waals surface area (Å²) in [6.07, 6.45) is 1.47. The van der Waals surface area contributed by atoms with Crippen LogP contribution in [0.1, 0.15) is 41.0 Å². The number of nitrogens with one attached hydrogen (secondary N) is 1. The Hall–Kier alpha value is -0.0800. The first-order valence-electron chi connectivity index (χ1n) is 5.42. The molecule has 0 aromatic heterocycles. The van der Waals surface area contributed by atoms with Crippen molar-refractivity contribution in [3.63, 3.8) is 0 Å². The van der Waals surface area contributed by atoms with E-state index in [0.29, 0.717) is 18.1 Å². The van der Waals surface area contributed by atoms with Gasteiger partial charge >= 0.3 is 0 Å². The van der Waals surface area contributed by atoms with Crippen LogP contribution in [0.25, 0.3) is 0 Å². The van der Waals surface area contributed by atoms with Gasteiger partial charge in [-0.25, -0.2) is 0 Å². The highest BCUT2D eigenvalue weighted by atomic mass is 16.5. The molecule has 0 spiro atoms. The molecule has 0 aliphatic rings. The van der Waals surface area contributed by atoms with Crippen LogP contribution in [0.3, 0.4) is 0 Å². The fraction of sp³-hybridized carbons (Fsp3) is 1.00. The minimum Gasteiger partial charge on any atom is -0.379 e. The molecule has 2 nitrogen and oxygen atoms in total. The predicted molar refractivity (Wildman–Crippen MR) is 58.0 cm³/mol. The van der Waals surface area contributed by atoms with Gasteiger partial charge in [-0.15, -0.1) is 0 Å². The highest BCUT2D eigenvalue weighted by molar-refractivity contribution is 4.69. The van der Waals surface area contributed by atoms with Gasteiger partial charge < -0.3 is 10.1 Å². The molecule has 0 bridgehead atoms. The third-order valence-electron chi connectivity index (χ3n) is 2.15. The molecule has 1 unspecified atom stereocenters. The lowest BCUT2D eigenvalue weighted by Crippen LogP contribution is -2.34. The van der Waals surface area contributed by atoms with Crippen LogP contribution in [0, 0.1) is 5.92 Å². The van der Waals surface area contributed by atoms with Crippen molar-refractivity contribution in [2.45, 2.75) is 53.2 Å². The van der Waals surface area contributed by atoms with Crippen LogP contribution in [0.15, 0.2) is 0 Å². The van der Waals surface area contributed by atoms with Crippen molar-refractivity contribution in [3.05, 3.63) is 0 Å². The van der Waals surface area contributed by atoms with E-state index < -0.39 is 0 Å². The molecule has 0 aromatic rings. The van der Waals surface area contributed by atoms with E-state index in [4.69, 9.17) is 4.74 Å². The number of hydrogen-bond acceptors (Lipinski definition) is 2. The second-order valence-electron chi connectivity index (χ2n) is 4.12. The Morgan fingerprint density at radius 1 is 1.15 bits per heavy atom. The first kappa shape index (κ1) is 12.9. The molecule has 80 valence electrons. The highest BCUT2D eigenvalue weighted by Gasteiger charge is 2.11. The maximum Gasteiger partial charge on any atom is 0.0518 e. The van der Waals surface area contributed by atoms with Gasteiger partial charge in [0, 0.05) is 12.6 Å². The average Bonchev–Trinajstić information content (AvgIpc) is 2.02. The van der Waals surface area contributed by atoms with E-state index in [0.717, 1.165) is 19.6 Å². The van der Waals surface area contributed by atoms with Crippen molar-refractivity contribution in [1.82, 2.24) is 5.32 Å². The smallest absolute Gasteiger partial charge is 0.0518 e. The minimum atomic E-state index is 0.356. The van der Waals surface area contributed by atoms with Crippen molar-refractivity contribution in [3.8, 4) is 0 Å². The first-order chi connectivity index (χ1) is 6.07. The van der Waals surface area contributed by atoms with E-state index >= 15 is 0 Å². The van der Waals surface area contributed by atoms with E-state index in [1.165, 1.54) is 0 Å². The average molecular weight is 187 g/mol. The number of hydrogen-bond donors (Lipinski definition) is 1.